The smallest absolute Gasteiger partial charge is 0.0994 e. The van der Waals surface area contributed by atoms with Gasteiger partial charge in [0.2, 0.25) is 0 Å². The number of rotatable bonds is 3. The second-order valence-corrected chi connectivity index (χ2v) is 5.25. The van der Waals surface area contributed by atoms with Crippen LogP contribution < -0.4 is 5.73 Å². The van der Waals surface area contributed by atoms with E-state index in [9.17, 15) is 0 Å². The molecule has 2 heterocycles. The zero-order valence-electron chi connectivity index (χ0n) is 10.5. The highest BCUT2D eigenvalue weighted by molar-refractivity contribution is 6.30. The van der Waals surface area contributed by atoms with Crippen molar-refractivity contribution in [1.82, 2.24) is 9.55 Å². The minimum atomic E-state index is -0.0549. The standard InChI is InChI=1S/C14H16ClN3O/c15-11-1-3-12(4-2-11)18-9-17-7-13(18)14(16)10-5-6-19-8-10/h1-4,7,9-10,14H,5-6,8,16H2. The van der Waals surface area contributed by atoms with Crippen molar-refractivity contribution in [3.05, 3.63) is 47.5 Å². The summed E-state index contributed by atoms with van der Waals surface area (Å²) >= 11 is 5.91. The van der Waals surface area contributed by atoms with Gasteiger partial charge in [0.1, 0.15) is 0 Å². The molecule has 1 aliphatic rings. The van der Waals surface area contributed by atoms with E-state index in [1.54, 1.807) is 6.33 Å². The van der Waals surface area contributed by atoms with E-state index in [2.05, 4.69) is 4.98 Å². The third-order valence-electron chi connectivity index (χ3n) is 3.59. The first-order chi connectivity index (χ1) is 9.25. The van der Waals surface area contributed by atoms with Crippen molar-refractivity contribution in [2.45, 2.75) is 12.5 Å². The summed E-state index contributed by atoms with van der Waals surface area (Å²) < 4.78 is 7.42. The summed E-state index contributed by atoms with van der Waals surface area (Å²) in [7, 11) is 0. The Hall–Kier alpha value is -1.36. The monoisotopic (exact) mass is 277 g/mol. The molecule has 0 spiro atoms. The Morgan fingerprint density at radius 2 is 2.16 bits per heavy atom. The van der Waals surface area contributed by atoms with Crippen LogP contribution in [0, 0.1) is 5.92 Å². The zero-order valence-corrected chi connectivity index (χ0v) is 11.3. The van der Waals surface area contributed by atoms with E-state index in [1.807, 2.05) is 35.0 Å². The Morgan fingerprint density at radius 3 is 2.84 bits per heavy atom. The van der Waals surface area contributed by atoms with Crippen molar-refractivity contribution in [2.24, 2.45) is 11.7 Å². The predicted molar refractivity (Wildman–Crippen MR) is 74.4 cm³/mol. The Balaban J connectivity index is 1.91. The summed E-state index contributed by atoms with van der Waals surface area (Å²) in [5.41, 5.74) is 8.38. The number of aromatic nitrogens is 2. The number of hydrogen-bond acceptors (Lipinski definition) is 3. The summed E-state index contributed by atoms with van der Waals surface area (Å²) in [5.74, 6) is 0.364. The van der Waals surface area contributed by atoms with Crippen LogP contribution in [-0.2, 0) is 4.74 Å². The molecular formula is C14H16ClN3O. The van der Waals surface area contributed by atoms with E-state index in [0.717, 1.165) is 36.0 Å². The van der Waals surface area contributed by atoms with Gasteiger partial charge in [-0.3, -0.25) is 0 Å². The van der Waals surface area contributed by atoms with Crippen LogP contribution in [0.25, 0.3) is 5.69 Å². The lowest BCUT2D eigenvalue weighted by Crippen LogP contribution is -2.24. The van der Waals surface area contributed by atoms with Gasteiger partial charge in [-0.2, -0.15) is 0 Å². The Morgan fingerprint density at radius 1 is 1.37 bits per heavy atom. The summed E-state index contributed by atoms with van der Waals surface area (Å²) in [5, 5.41) is 0.721. The number of nitrogens with zero attached hydrogens (tertiary/aromatic N) is 2. The molecule has 4 nitrogen and oxygen atoms in total. The topological polar surface area (TPSA) is 53.1 Å². The van der Waals surface area contributed by atoms with Gasteiger partial charge in [0, 0.05) is 23.2 Å². The van der Waals surface area contributed by atoms with Gasteiger partial charge in [0.05, 0.1) is 30.9 Å². The van der Waals surface area contributed by atoms with Gasteiger partial charge in [0.25, 0.3) is 0 Å². The predicted octanol–water partition coefficient (Wildman–Crippen LogP) is 2.56. The van der Waals surface area contributed by atoms with Crippen LogP contribution in [0.2, 0.25) is 5.02 Å². The van der Waals surface area contributed by atoms with Gasteiger partial charge in [-0.25, -0.2) is 4.98 Å². The first-order valence-corrected chi connectivity index (χ1v) is 6.75. The van der Waals surface area contributed by atoms with Crippen molar-refractivity contribution in [1.29, 1.82) is 0 Å². The second kappa shape index (κ2) is 5.33. The maximum Gasteiger partial charge on any atom is 0.0994 e. The molecule has 2 aromatic rings. The molecule has 1 aromatic carbocycles. The maximum atomic E-state index is 6.35. The number of ether oxygens (including phenoxy) is 1. The molecule has 0 radical (unpaired) electrons. The molecule has 0 bridgehead atoms. The van der Waals surface area contributed by atoms with Crippen LogP contribution >= 0.6 is 11.6 Å². The van der Waals surface area contributed by atoms with Crippen LogP contribution in [0.4, 0.5) is 0 Å². The zero-order chi connectivity index (χ0) is 13.2. The third-order valence-corrected chi connectivity index (χ3v) is 3.84. The van der Waals surface area contributed by atoms with E-state index >= 15 is 0 Å². The second-order valence-electron chi connectivity index (χ2n) is 4.81. The fraction of sp³-hybridized carbons (Fsp3) is 0.357. The van der Waals surface area contributed by atoms with Crippen LogP contribution in [-0.4, -0.2) is 22.8 Å². The average molecular weight is 278 g/mol. The van der Waals surface area contributed by atoms with E-state index < -0.39 is 0 Å². The first kappa shape index (κ1) is 12.7. The molecule has 5 heteroatoms. The molecule has 100 valence electrons. The molecule has 1 saturated heterocycles. The molecule has 2 N–H and O–H groups in total. The SMILES string of the molecule is NC(c1cncn1-c1ccc(Cl)cc1)C1CCOC1. The summed E-state index contributed by atoms with van der Waals surface area (Å²) in [4.78, 5) is 4.22. The lowest BCUT2D eigenvalue weighted by Gasteiger charge is -2.19. The molecule has 1 aromatic heterocycles. The minimum Gasteiger partial charge on any atom is -0.381 e. The molecule has 1 fully saturated rings. The Bertz CT molecular complexity index is 546. The van der Waals surface area contributed by atoms with Crippen LogP contribution in [0.15, 0.2) is 36.8 Å². The fourth-order valence-corrected chi connectivity index (χ4v) is 2.57. The number of halogens is 1. The largest absolute Gasteiger partial charge is 0.381 e. The molecule has 3 rings (SSSR count). The molecule has 2 unspecified atom stereocenters. The van der Waals surface area contributed by atoms with Gasteiger partial charge in [-0.05, 0) is 30.7 Å². The lowest BCUT2D eigenvalue weighted by molar-refractivity contribution is 0.180. The minimum absolute atomic E-state index is 0.0549. The molecule has 1 aliphatic heterocycles. The van der Waals surface area contributed by atoms with E-state index in [4.69, 9.17) is 22.1 Å². The van der Waals surface area contributed by atoms with Gasteiger partial charge in [0.15, 0.2) is 0 Å². The van der Waals surface area contributed by atoms with Crippen molar-refractivity contribution >= 4 is 11.6 Å². The highest BCUT2D eigenvalue weighted by Gasteiger charge is 2.26. The fourth-order valence-electron chi connectivity index (χ4n) is 2.45. The maximum absolute atomic E-state index is 6.35. The van der Waals surface area contributed by atoms with Gasteiger partial charge >= 0.3 is 0 Å². The van der Waals surface area contributed by atoms with Crippen molar-refractivity contribution in [2.75, 3.05) is 13.2 Å². The first-order valence-electron chi connectivity index (χ1n) is 6.37. The number of benzene rings is 1. The quantitative estimate of drug-likeness (QED) is 0.938. The van der Waals surface area contributed by atoms with Crippen molar-refractivity contribution in [3.8, 4) is 5.69 Å². The van der Waals surface area contributed by atoms with E-state index in [1.165, 1.54) is 0 Å². The van der Waals surface area contributed by atoms with Gasteiger partial charge < -0.3 is 15.0 Å². The Labute approximate surface area is 117 Å². The van der Waals surface area contributed by atoms with Gasteiger partial charge in [-0.1, -0.05) is 11.6 Å². The lowest BCUT2D eigenvalue weighted by atomic mass is 9.97. The number of imidazole rings is 1. The molecule has 19 heavy (non-hydrogen) atoms. The van der Waals surface area contributed by atoms with Crippen LogP contribution in [0.3, 0.4) is 0 Å². The van der Waals surface area contributed by atoms with E-state index in [-0.39, 0.29) is 6.04 Å². The number of nitrogens with two attached hydrogens (primary N) is 1. The third kappa shape index (κ3) is 2.52. The van der Waals surface area contributed by atoms with Crippen LogP contribution in [0.5, 0.6) is 0 Å². The molecule has 0 amide bonds. The summed E-state index contributed by atoms with van der Waals surface area (Å²) in [6, 6.07) is 7.60. The van der Waals surface area contributed by atoms with Gasteiger partial charge in [-0.15, -0.1) is 0 Å². The molecule has 0 aliphatic carbocycles. The van der Waals surface area contributed by atoms with E-state index in [0.29, 0.717) is 5.92 Å². The molecule has 2 atom stereocenters. The summed E-state index contributed by atoms with van der Waals surface area (Å²) in [6.07, 6.45) is 4.62. The average Bonchev–Trinajstić information content (AvgIpc) is 3.10. The highest BCUT2D eigenvalue weighted by atomic mass is 35.5. The summed E-state index contributed by atoms with van der Waals surface area (Å²) in [6.45, 7) is 1.53. The van der Waals surface area contributed by atoms with Crippen molar-refractivity contribution < 1.29 is 4.74 Å². The normalized spacial score (nSPS) is 20.6. The van der Waals surface area contributed by atoms with Crippen LogP contribution in [0.1, 0.15) is 18.2 Å². The molecule has 0 saturated carbocycles. The number of hydrogen-bond donors (Lipinski definition) is 1. The Kier molecular flexibility index (Phi) is 3.55. The molecular weight excluding hydrogens is 262 g/mol. The highest BCUT2D eigenvalue weighted by Crippen LogP contribution is 2.28. The van der Waals surface area contributed by atoms with Crippen molar-refractivity contribution in [3.63, 3.8) is 0 Å².